The Bertz CT molecular complexity index is 1550. The Kier molecular flexibility index (Phi) is 7.41. The van der Waals surface area contributed by atoms with Gasteiger partial charge in [-0.15, -0.1) is 11.8 Å². The standard InChI is InChI=1S/C28H22ClN3O3S2/c1-36-22-6-4-5-21(14-22)30-26(33)17-32-27(34)25(37-28(32)35)13-19-16-31(24-8-3-2-7-23(19)24)15-18-9-11-20(29)12-10-18/h2-14,16H,15,17H2,1H3,(H,30,33)/b25-13-. The van der Waals surface area contributed by atoms with Gasteiger partial charge in [0.1, 0.15) is 6.54 Å². The number of amides is 3. The summed E-state index contributed by atoms with van der Waals surface area (Å²) >= 11 is 8.43. The van der Waals surface area contributed by atoms with Crippen molar-refractivity contribution < 1.29 is 14.4 Å². The zero-order chi connectivity index (χ0) is 25.9. The van der Waals surface area contributed by atoms with E-state index in [1.165, 1.54) is 0 Å². The molecule has 1 fully saturated rings. The minimum atomic E-state index is -0.474. The predicted molar refractivity (Wildman–Crippen MR) is 152 cm³/mol. The van der Waals surface area contributed by atoms with Crippen molar-refractivity contribution in [3.8, 4) is 0 Å². The number of nitrogens with zero attached hydrogens (tertiary/aromatic N) is 2. The molecule has 1 aliphatic heterocycles. The molecule has 186 valence electrons. The summed E-state index contributed by atoms with van der Waals surface area (Å²) in [6.45, 7) is 0.286. The van der Waals surface area contributed by atoms with Crippen LogP contribution < -0.4 is 5.32 Å². The quantitative estimate of drug-likeness (QED) is 0.205. The van der Waals surface area contributed by atoms with E-state index in [4.69, 9.17) is 11.6 Å². The third-order valence-electron chi connectivity index (χ3n) is 5.90. The molecule has 3 amide bonds. The Morgan fingerprint density at radius 1 is 1.05 bits per heavy atom. The summed E-state index contributed by atoms with van der Waals surface area (Å²) in [4.78, 5) is 40.6. The highest BCUT2D eigenvalue weighted by molar-refractivity contribution is 8.18. The van der Waals surface area contributed by atoms with Crippen LogP contribution in [-0.4, -0.2) is 39.3 Å². The summed E-state index contributed by atoms with van der Waals surface area (Å²) in [5, 5.41) is 3.95. The lowest BCUT2D eigenvalue weighted by atomic mass is 10.1. The number of aromatic nitrogens is 1. The van der Waals surface area contributed by atoms with Crippen LogP contribution in [0, 0.1) is 0 Å². The molecule has 0 aliphatic carbocycles. The van der Waals surface area contributed by atoms with Crippen molar-refractivity contribution in [1.82, 2.24) is 9.47 Å². The Morgan fingerprint density at radius 3 is 2.62 bits per heavy atom. The van der Waals surface area contributed by atoms with E-state index in [1.807, 2.05) is 79.2 Å². The van der Waals surface area contributed by atoms with Gasteiger partial charge in [0.15, 0.2) is 0 Å². The number of thioether (sulfide) groups is 2. The van der Waals surface area contributed by atoms with Crippen LogP contribution in [0.1, 0.15) is 11.1 Å². The average Bonchev–Trinajstić information content (AvgIpc) is 3.37. The second-order valence-corrected chi connectivity index (χ2v) is 10.7. The first kappa shape index (κ1) is 25.2. The fourth-order valence-corrected chi connectivity index (χ4v) is 5.54. The van der Waals surface area contributed by atoms with Crippen molar-refractivity contribution in [2.75, 3.05) is 18.1 Å². The van der Waals surface area contributed by atoms with Crippen LogP contribution in [0.25, 0.3) is 17.0 Å². The number of nitrogens with one attached hydrogen (secondary N) is 1. The van der Waals surface area contributed by atoms with Gasteiger partial charge in [0.05, 0.1) is 4.91 Å². The van der Waals surface area contributed by atoms with E-state index in [-0.39, 0.29) is 11.4 Å². The first-order chi connectivity index (χ1) is 17.9. The maximum atomic E-state index is 13.1. The van der Waals surface area contributed by atoms with Gasteiger partial charge in [-0.2, -0.15) is 0 Å². The first-order valence-electron chi connectivity index (χ1n) is 11.4. The first-order valence-corrected chi connectivity index (χ1v) is 13.8. The van der Waals surface area contributed by atoms with Crippen LogP contribution in [0.3, 0.4) is 0 Å². The van der Waals surface area contributed by atoms with Crippen molar-refractivity contribution >= 4 is 74.8 Å². The number of imide groups is 1. The smallest absolute Gasteiger partial charge is 0.294 e. The molecule has 1 aliphatic rings. The molecular formula is C28H22ClN3O3S2. The number of anilines is 1. The number of carbonyl (C=O) groups excluding carboxylic acids is 3. The number of fused-ring (bicyclic) bond motifs is 1. The molecule has 1 saturated heterocycles. The molecule has 0 radical (unpaired) electrons. The lowest BCUT2D eigenvalue weighted by Crippen LogP contribution is -2.36. The number of carbonyl (C=O) groups is 3. The van der Waals surface area contributed by atoms with Gasteiger partial charge in [-0.05, 0) is 66.1 Å². The molecule has 0 bridgehead atoms. The van der Waals surface area contributed by atoms with Gasteiger partial charge in [0.2, 0.25) is 5.91 Å². The Labute approximate surface area is 227 Å². The van der Waals surface area contributed by atoms with Gasteiger partial charge in [-0.3, -0.25) is 19.3 Å². The molecule has 2 heterocycles. The summed E-state index contributed by atoms with van der Waals surface area (Å²) in [6, 6.07) is 23.0. The number of hydrogen-bond acceptors (Lipinski definition) is 5. The van der Waals surface area contributed by atoms with Gasteiger partial charge in [-0.1, -0.05) is 48.0 Å². The van der Waals surface area contributed by atoms with Crippen LogP contribution in [0.5, 0.6) is 0 Å². The van der Waals surface area contributed by atoms with Gasteiger partial charge in [0.25, 0.3) is 11.1 Å². The molecule has 3 aromatic carbocycles. The average molecular weight is 548 g/mol. The maximum absolute atomic E-state index is 13.1. The Balaban J connectivity index is 1.36. The molecule has 4 aromatic rings. The van der Waals surface area contributed by atoms with Crippen LogP contribution in [0.2, 0.25) is 5.02 Å². The van der Waals surface area contributed by atoms with Gasteiger partial charge in [-0.25, -0.2) is 0 Å². The molecule has 6 nitrogen and oxygen atoms in total. The van der Waals surface area contributed by atoms with Crippen LogP contribution in [0.15, 0.2) is 88.8 Å². The molecule has 37 heavy (non-hydrogen) atoms. The number of hydrogen-bond donors (Lipinski definition) is 1. The highest BCUT2D eigenvalue weighted by Crippen LogP contribution is 2.34. The number of para-hydroxylation sites is 1. The fraction of sp³-hybridized carbons (Fsp3) is 0.107. The van der Waals surface area contributed by atoms with E-state index < -0.39 is 17.1 Å². The third-order valence-corrected chi connectivity index (χ3v) is 7.79. The van der Waals surface area contributed by atoms with Crippen LogP contribution in [-0.2, 0) is 16.1 Å². The van der Waals surface area contributed by atoms with E-state index in [0.29, 0.717) is 17.3 Å². The molecule has 0 unspecified atom stereocenters. The molecular weight excluding hydrogens is 526 g/mol. The topological polar surface area (TPSA) is 71.4 Å². The normalized spacial score (nSPS) is 14.6. The summed E-state index contributed by atoms with van der Waals surface area (Å²) in [6.07, 6.45) is 5.65. The third kappa shape index (κ3) is 5.61. The molecule has 0 saturated carbocycles. The maximum Gasteiger partial charge on any atom is 0.294 e. The zero-order valence-corrected chi connectivity index (χ0v) is 22.2. The lowest BCUT2D eigenvalue weighted by Gasteiger charge is -2.12. The summed E-state index contributed by atoms with van der Waals surface area (Å²) in [5.41, 5.74) is 3.54. The van der Waals surface area contributed by atoms with E-state index in [2.05, 4.69) is 9.88 Å². The number of benzene rings is 3. The van der Waals surface area contributed by atoms with Crippen molar-refractivity contribution in [1.29, 1.82) is 0 Å². The fourth-order valence-electron chi connectivity index (χ4n) is 4.13. The summed E-state index contributed by atoms with van der Waals surface area (Å²) in [5.74, 6) is -0.904. The van der Waals surface area contributed by atoms with E-state index in [0.717, 1.165) is 43.6 Å². The molecule has 1 aromatic heterocycles. The van der Waals surface area contributed by atoms with E-state index >= 15 is 0 Å². The number of halogens is 1. The van der Waals surface area contributed by atoms with Crippen molar-refractivity contribution in [3.05, 3.63) is 100 Å². The minimum Gasteiger partial charge on any atom is -0.342 e. The van der Waals surface area contributed by atoms with Crippen molar-refractivity contribution in [2.45, 2.75) is 11.4 Å². The second kappa shape index (κ2) is 10.9. The monoisotopic (exact) mass is 547 g/mol. The Hall–Kier alpha value is -3.46. The molecule has 9 heteroatoms. The SMILES string of the molecule is CSc1cccc(NC(=O)CN2C(=O)S/C(=C\c3cn(Cc4ccc(Cl)cc4)c4ccccc34)C2=O)c1. The summed E-state index contributed by atoms with van der Waals surface area (Å²) < 4.78 is 2.10. The highest BCUT2D eigenvalue weighted by atomic mass is 35.5. The van der Waals surface area contributed by atoms with E-state index in [9.17, 15) is 14.4 Å². The van der Waals surface area contributed by atoms with Gasteiger partial charge in [0, 0.05) is 44.8 Å². The predicted octanol–water partition coefficient (Wildman–Crippen LogP) is 6.74. The highest BCUT2D eigenvalue weighted by Gasteiger charge is 2.36. The van der Waals surface area contributed by atoms with Crippen molar-refractivity contribution in [2.24, 2.45) is 0 Å². The zero-order valence-electron chi connectivity index (χ0n) is 19.8. The van der Waals surface area contributed by atoms with Gasteiger partial charge < -0.3 is 9.88 Å². The molecule has 1 N–H and O–H groups in total. The molecule has 0 spiro atoms. The minimum absolute atomic E-state index is 0.288. The molecule has 5 rings (SSSR count). The van der Waals surface area contributed by atoms with E-state index in [1.54, 1.807) is 23.9 Å². The molecule has 0 atom stereocenters. The summed E-state index contributed by atoms with van der Waals surface area (Å²) in [7, 11) is 0. The van der Waals surface area contributed by atoms with Crippen molar-refractivity contribution in [3.63, 3.8) is 0 Å². The number of rotatable bonds is 7. The van der Waals surface area contributed by atoms with Crippen LogP contribution >= 0.6 is 35.1 Å². The van der Waals surface area contributed by atoms with Crippen LogP contribution in [0.4, 0.5) is 10.5 Å². The van der Waals surface area contributed by atoms with Gasteiger partial charge >= 0.3 is 0 Å². The lowest BCUT2D eigenvalue weighted by molar-refractivity contribution is -0.127. The second-order valence-electron chi connectivity index (χ2n) is 8.40. The largest absolute Gasteiger partial charge is 0.342 e. The Morgan fingerprint density at radius 2 is 1.84 bits per heavy atom.